The standard InChI is InChI=1S/C18H19FN4O2/c1-5-14-15(12-6-8-13(19)9-7-12)17-21-20-16(11(4)23(17)22-14)18(24)25-10(2)3/h6-10H,5H2,1-4H3. The summed E-state index contributed by atoms with van der Waals surface area (Å²) < 4.78 is 20.0. The molecule has 0 amide bonds. The number of aryl methyl sites for hydroxylation is 2. The average molecular weight is 342 g/mol. The molecule has 0 fully saturated rings. The Bertz CT molecular complexity index is 932. The minimum Gasteiger partial charge on any atom is -0.458 e. The number of halogens is 1. The smallest absolute Gasteiger partial charge is 0.361 e. The van der Waals surface area contributed by atoms with Crippen LogP contribution in [-0.2, 0) is 11.2 Å². The van der Waals surface area contributed by atoms with Gasteiger partial charge < -0.3 is 4.74 Å². The summed E-state index contributed by atoms with van der Waals surface area (Å²) in [6.45, 7) is 7.27. The maximum atomic E-state index is 13.2. The van der Waals surface area contributed by atoms with Crippen LogP contribution >= 0.6 is 0 Å². The van der Waals surface area contributed by atoms with E-state index in [-0.39, 0.29) is 17.6 Å². The molecule has 0 radical (unpaired) electrons. The lowest BCUT2D eigenvalue weighted by Gasteiger charge is -2.09. The fourth-order valence-corrected chi connectivity index (χ4v) is 2.67. The summed E-state index contributed by atoms with van der Waals surface area (Å²) in [6, 6.07) is 6.16. The molecule has 0 aliphatic carbocycles. The fraction of sp³-hybridized carbons (Fsp3) is 0.333. The van der Waals surface area contributed by atoms with E-state index < -0.39 is 5.97 Å². The van der Waals surface area contributed by atoms with E-state index in [1.54, 1.807) is 37.4 Å². The zero-order chi connectivity index (χ0) is 18.1. The van der Waals surface area contributed by atoms with Crippen LogP contribution in [0.4, 0.5) is 4.39 Å². The van der Waals surface area contributed by atoms with Crippen LogP contribution in [0.25, 0.3) is 16.8 Å². The number of ether oxygens (including phenoxy) is 1. The van der Waals surface area contributed by atoms with Crippen molar-refractivity contribution in [1.29, 1.82) is 0 Å². The van der Waals surface area contributed by atoms with Crippen LogP contribution < -0.4 is 0 Å². The molecule has 0 saturated heterocycles. The summed E-state index contributed by atoms with van der Waals surface area (Å²) in [4.78, 5) is 12.2. The number of aromatic nitrogens is 4. The third-order valence-electron chi connectivity index (χ3n) is 3.84. The van der Waals surface area contributed by atoms with Crippen molar-refractivity contribution in [2.75, 3.05) is 0 Å². The Morgan fingerprint density at radius 1 is 1.24 bits per heavy atom. The normalized spacial score (nSPS) is 11.3. The first-order chi connectivity index (χ1) is 11.9. The first-order valence-electron chi connectivity index (χ1n) is 8.14. The largest absolute Gasteiger partial charge is 0.458 e. The molecule has 130 valence electrons. The lowest BCUT2D eigenvalue weighted by atomic mass is 10.0. The molecule has 0 aliphatic rings. The van der Waals surface area contributed by atoms with E-state index in [0.29, 0.717) is 17.8 Å². The van der Waals surface area contributed by atoms with Gasteiger partial charge in [-0.25, -0.2) is 13.7 Å². The minimum atomic E-state index is -0.529. The third kappa shape index (κ3) is 3.09. The number of fused-ring (bicyclic) bond motifs is 1. The quantitative estimate of drug-likeness (QED) is 0.680. The third-order valence-corrected chi connectivity index (χ3v) is 3.84. The Morgan fingerprint density at radius 3 is 2.52 bits per heavy atom. The molecule has 0 saturated carbocycles. The van der Waals surface area contributed by atoms with Gasteiger partial charge in [-0.3, -0.25) is 0 Å². The van der Waals surface area contributed by atoms with Gasteiger partial charge in [0.15, 0.2) is 11.3 Å². The average Bonchev–Trinajstić information content (AvgIpc) is 2.94. The molecule has 0 unspecified atom stereocenters. The Morgan fingerprint density at radius 2 is 1.92 bits per heavy atom. The molecular weight excluding hydrogens is 323 g/mol. The van der Waals surface area contributed by atoms with Crippen molar-refractivity contribution in [3.05, 3.63) is 47.2 Å². The number of carbonyl (C=O) groups is 1. The molecule has 6 nitrogen and oxygen atoms in total. The molecule has 25 heavy (non-hydrogen) atoms. The molecule has 0 aliphatic heterocycles. The number of benzene rings is 1. The van der Waals surface area contributed by atoms with E-state index in [0.717, 1.165) is 16.8 Å². The van der Waals surface area contributed by atoms with Gasteiger partial charge in [0.05, 0.1) is 23.1 Å². The SMILES string of the molecule is CCc1nn2c(C)c(C(=O)OC(C)C)nnc2c1-c1ccc(F)cc1. The minimum absolute atomic E-state index is 0.136. The van der Waals surface area contributed by atoms with E-state index in [2.05, 4.69) is 15.3 Å². The fourth-order valence-electron chi connectivity index (χ4n) is 2.67. The lowest BCUT2D eigenvalue weighted by molar-refractivity contribution is 0.0367. The highest BCUT2D eigenvalue weighted by molar-refractivity contribution is 5.89. The Hall–Kier alpha value is -2.83. The van der Waals surface area contributed by atoms with Crippen LogP contribution in [0.3, 0.4) is 0 Å². The van der Waals surface area contributed by atoms with Crippen LogP contribution in [-0.4, -0.2) is 31.9 Å². The lowest BCUT2D eigenvalue weighted by Crippen LogP contribution is -2.17. The number of carbonyl (C=O) groups excluding carboxylic acids is 1. The molecule has 0 atom stereocenters. The number of esters is 1. The molecule has 3 aromatic rings. The van der Waals surface area contributed by atoms with Crippen molar-refractivity contribution >= 4 is 11.6 Å². The van der Waals surface area contributed by atoms with E-state index >= 15 is 0 Å². The first kappa shape index (κ1) is 17.0. The summed E-state index contributed by atoms with van der Waals surface area (Å²) in [5.74, 6) is -0.835. The molecule has 2 aromatic heterocycles. The van der Waals surface area contributed by atoms with Gasteiger partial charge in [0, 0.05) is 0 Å². The van der Waals surface area contributed by atoms with Crippen LogP contribution in [0.15, 0.2) is 24.3 Å². The summed E-state index contributed by atoms with van der Waals surface area (Å²) in [5.41, 5.74) is 3.62. The predicted molar refractivity (Wildman–Crippen MR) is 90.8 cm³/mol. The number of hydrogen-bond donors (Lipinski definition) is 0. The predicted octanol–water partition coefficient (Wildman–Crippen LogP) is 3.37. The highest BCUT2D eigenvalue weighted by atomic mass is 19.1. The van der Waals surface area contributed by atoms with Crippen molar-refractivity contribution in [2.45, 2.75) is 40.2 Å². The zero-order valence-corrected chi connectivity index (χ0v) is 14.6. The van der Waals surface area contributed by atoms with Crippen LogP contribution in [0.5, 0.6) is 0 Å². The molecule has 0 spiro atoms. The van der Waals surface area contributed by atoms with E-state index in [4.69, 9.17) is 4.74 Å². The van der Waals surface area contributed by atoms with Crippen LogP contribution in [0, 0.1) is 12.7 Å². The second-order valence-electron chi connectivity index (χ2n) is 6.01. The summed E-state index contributed by atoms with van der Waals surface area (Å²) in [6.07, 6.45) is 0.421. The number of rotatable bonds is 4. The van der Waals surface area contributed by atoms with E-state index in [1.807, 2.05) is 6.92 Å². The zero-order valence-electron chi connectivity index (χ0n) is 14.6. The summed E-state index contributed by atoms with van der Waals surface area (Å²) in [5, 5.41) is 12.8. The van der Waals surface area contributed by atoms with Crippen molar-refractivity contribution in [1.82, 2.24) is 19.8 Å². The molecular formula is C18H19FN4O2. The second kappa shape index (κ2) is 6.58. The van der Waals surface area contributed by atoms with Crippen molar-refractivity contribution in [3.63, 3.8) is 0 Å². The van der Waals surface area contributed by atoms with Crippen molar-refractivity contribution in [3.8, 4) is 11.1 Å². The number of hydrogen-bond acceptors (Lipinski definition) is 5. The van der Waals surface area contributed by atoms with Crippen molar-refractivity contribution < 1.29 is 13.9 Å². The summed E-state index contributed by atoms with van der Waals surface area (Å²) >= 11 is 0. The van der Waals surface area contributed by atoms with Gasteiger partial charge in [-0.05, 0) is 44.9 Å². The van der Waals surface area contributed by atoms with Gasteiger partial charge in [0.25, 0.3) is 0 Å². The highest BCUT2D eigenvalue weighted by Gasteiger charge is 2.22. The Balaban J connectivity index is 2.18. The monoisotopic (exact) mass is 342 g/mol. The van der Waals surface area contributed by atoms with Gasteiger partial charge in [-0.2, -0.15) is 5.10 Å². The van der Waals surface area contributed by atoms with Gasteiger partial charge in [-0.15, -0.1) is 10.2 Å². The second-order valence-corrected chi connectivity index (χ2v) is 6.01. The van der Waals surface area contributed by atoms with Gasteiger partial charge in [-0.1, -0.05) is 19.1 Å². The molecule has 2 heterocycles. The van der Waals surface area contributed by atoms with E-state index in [1.165, 1.54) is 12.1 Å². The van der Waals surface area contributed by atoms with E-state index in [9.17, 15) is 9.18 Å². The van der Waals surface area contributed by atoms with Gasteiger partial charge >= 0.3 is 5.97 Å². The highest BCUT2D eigenvalue weighted by Crippen LogP contribution is 2.28. The van der Waals surface area contributed by atoms with Gasteiger partial charge in [0.2, 0.25) is 0 Å². The topological polar surface area (TPSA) is 69.4 Å². The number of nitrogens with zero attached hydrogens (tertiary/aromatic N) is 4. The maximum Gasteiger partial charge on any atom is 0.361 e. The molecule has 7 heteroatoms. The van der Waals surface area contributed by atoms with Crippen LogP contribution in [0.1, 0.15) is 42.6 Å². The first-order valence-corrected chi connectivity index (χ1v) is 8.14. The molecule has 1 aromatic carbocycles. The molecule has 3 rings (SSSR count). The van der Waals surface area contributed by atoms with Gasteiger partial charge in [0.1, 0.15) is 5.82 Å². The molecule has 0 N–H and O–H groups in total. The Labute approximate surface area is 144 Å². The maximum absolute atomic E-state index is 13.2. The van der Waals surface area contributed by atoms with Crippen LogP contribution in [0.2, 0.25) is 0 Å². The van der Waals surface area contributed by atoms with Crippen molar-refractivity contribution in [2.24, 2.45) is 0 Å². The summed E-state index contributed by atoms with van der Waals surface area (Å²) in [7, 11) is 0. The Kier molecular flexibility index (Phi) is 4.48. The molecule has 0 bridgehead atoms.